The number of anilines is 3. The van der Waals surface area contributed by atoms with Crippen LogP contribution in [-0.4, -0.2) is 0 Å². The van der Waals surface area contributed by atoms with Crippen molar-refractivity contribution < 1.29 is 4.42 Å². The molecule has 0 amide bonds. The van der Waals surface area contributed by atoms with Crippen molar-refractivity contribution in [1.82, 2.24) is 0 Å². The summed E-state index contributed by atoms with van der Waals surface area (Å²) in [6.45, 7) is 0. The van der Waals surface area contributed by atoms with Crippen LogP contribution in [0, 0.1) is 0 Å². The lowest BCUT2D eigenvalue weighted by Crippen LogP contribution is -2.11. The molecule has 0 saturated carbocycles. The minimum Gasteiger partial charge on any atom is -0.455 e. The predicted molar refractivity (Wildman–Crippen MR) is 271 cm³/mol. The highest BCUT2D eigenvalue weighted by Gasteiger charge is 2.23. The second kappa shape index (κ2) is 15.8. The molecule has 0 radical (unpaired) electrons. The highest BCUT2D eigenvalue weighted by molar-refractivity contribution is 6.22. The third kappa shape index (κ3) is 6.44. The summed E-state index contributed by atoms with van der Waals surface area (Å²) in [6.07, 6.45) is 0. The van der Waals surface area contributed by atoms with E-state index in [0.717, 1.165) is 66.8 Å². The number of furan rings is 1. The lowest BCUT2D eigenvalue weighted by Gasteiger charge is -2.29. The minimum absolute atomic E-state index is 0.890. The summed E-state index contributed by atoms with van der Waals surface area (Å²) in [7, 11) is 0. The molecule has 2 nitrogen and oxygen atoms in total. The fourth-order valence-electron chi connectivity index (χ4n) is 9.73. The molecule has 0 saturated heterocycles. The average molecular weight is 816 g/mol. The van der Waals surface area contributed by atoms with Crippen molar-refractivity contribution in [3.8, 4) is 55.6 Å². The molecule has 0 aliphatic heterocycles. The molecule has 1 heterocycles. The molecule has 64 heavy (non-hydrogen) atoms. The Morgan fingerprint density at radius 2 is 0.797 bits per heavy atom. The van der Waals surface area contributed by atoms with Crippen LogP contribution < -0.4 is 4.90 Å². The van der Waals surface area contributed by atoms with Crippen molar-refractivity contribution in [2.75, 3.05) is 4.90 Å². The third-order valence-corrected chi connectivity index (χ3v) is 12.6. The molecule has 1 aromatic heterocycles. The second-order valence-electron chi connectivity index (χ2n) is 16.4. The Kier molecular flexibility index (Phi) is 9.20. The van der Waals surface area contributed by atoms with E-state index in [1.165, 1.54) is 49.4 Å². The van der Waals surface area contributed by atoms with Gasteiger partial charge in [-0.25, -0.2) is 0 Å². The number of hydrogen-bond acceptors (Lipinski definition) is 2. The van der Waals surface area contributed by atoms with E-state index in [2.05, 4.69) is 248 Å². The number of para-hydroxylation sites is 2. The van der Waals surface area contributed by atoms with Gasteiger partial charge in [-0.15, -0.1) is 0 Å². The second-order valence-corrected chi connectivity index (χ2v) is 16.4. The molecule has 0 atom stereocenters. The molecular formula is C62H41NO. The average Bonchev–Trinajstić information content (AvgIpc) is 3.76. The molecule has 0 bridgehead atoms. The van der Waals surface area contributed by atoms with Crippen molar-refractivity contribution in [2.24, 2.45) is 0 Å². The van der Waals surface area contributed by atoms with Gasteiger partial charge < -0.3 is 9.32 Å². The molecule has 0 unspecified atom stereocenters. The molecule has 2 heteroatoms. The van der Waals surface area contributed by atoms with Gasteiger partial charge in [-0.3, -0.25) is 0 Å². The van der Waals surface area contributed by atoms with Gasteiger partial charge in [0.05, 0.1) is 5.69 Å². The van der Waals surface area contributed by atoms with Crippen LogP contribution in [0.2, 0.25) is 0 Å². The Hall–Kier alpha value is -8.46. The summed E-state index contributed by atoms with van der Waals surface area (Å²) in [5.74, 6) is 0. The van der Waals surface area contributed by atoms with Crippen molar-refractivity contribution in [1.29, 1.82) is 0 Å². The Labute approximate surface area is 372 Å². The molecular weight excluding hydrogens is 775 g/mol. The van der Waals surface area contributed by atoms with Crippen LogP contribution in [0.25, 0.3) is 99.1 Å². The fourth-order valence-corrected chi connectivity index (χ4v) is 9.73. The van der Waals surface area contributed by atoms with Crippen molar-refractivity contribution >= 4 is 60.5 Å². The van der Waals surface area contributed by atoms with Crippen LogP contribution in [0.5, 0.6) is 0 Å². The van der Waals surface area contributed by atoms with Gasteiger partial charge in [0, 0.05) is 33.3 Å². The van der Waals surface area contributed by atoms with Gasteiger partial charge in [0.1, 0.15) is 11.2 Å². The first kappa shape index (κ1) is 37.3. The summed E-state index contributed by atoms with van der Waals surface area (Å²) in [4.78, 5) is 2.45. The zero-order valence-corrected chi connectivity index (χ0v) is 35.0. The molecule has 0 fully saturated rings. The zero-order chi connectivity index (χ0) is 42.4. The molecule has 300 valence electrons. The van der Waals surface area contributed by atoms with Gasteiger partial charge in [0.25, 0.3) is 0 Å². The molecule has 0 aliphatic rings. The molecule has 11 aromatic carbocycles. The standard InChI is InChI=1S/C62H41NO/c1-5-19-42(20-6-1)46-35-38-58(56(40-46)43-21-7-2-8-22-43)63(48-28-17-27-47(39-48)50-32-18-33-55-53-30-15-16-34-59(53)64-62(50)55)49-36-37-52-51-29-13-14-31-54(51)60(44-23-9-3-10-24-44)61(57(52)41-49)45-25-11-4-12-26-45/h1-41H. The fraction of sp³-hybridized carbons (Fsp3) is 0. The van der Waals surface area contributed by atoms with Gasteiger partial charge in [0.2, 0.25) is 0 Å². The van der Waals surface area contributed by atoms with E-state index in [0.29, 0.717) is 0 Å². The van der Waals surface area contributed by atoms with Gasteiger partial charge in [-0.05, 0) is 109 Å². The molecule has 0 N–H and O–H groups in total. The topological polar surface area (TPSA) is 16.4 Å². The highest BCUT2D eigenvalue weighted by atomic mass is 16.3. The van der Waals surface area contributed by atoms with E-state index in [9.17, 15) is 0 Å². The first-order chi connectivity index (χ1) is 31.8. The first-order valence-corrected chi connectivity index (χ1v) is 21.9. The maximum atomic E-state index is 6.61. The summed E-state index contributed by atoms with van der Waals surface area (Å²) in [6, 6.07) is 89.8. The lowest BCUT2D eigenvalue weighted by molar-refractivity contribution is 0.670. The lowest BCUT2D eigenvalue weighted by atomic mass is 9.85. The van der Waals surface area contributed by atoms with Crippen LogP contribution in [-0.2, 0) is 0 Å². The monoisotopic (exact) mass is 815 g/mol. The minimum atomic E-state index is 0.890. The van der Waals surface area contributed by atoms with Crippen molar-refractivity contribution in [3.05, 3.63) is 249 Å². The summed E-state index contributed by atoms with van der Waals surface area (Å²) < 4.78 is 6.61. The SMILES string of the molecule is c1ccc(-c2ccc(N(c3cccc(-c4cccc5c4oc4ccccc45)c3)c3ccc4c(c3)c(-c3ccccc3)c(-c3ccccc3)c3ccccc34)c(-c3ccccc3)c2)cc1. The van der Waals surface area contributed by atoms with E-state index < -0.39 is 0 Å². The van der Waals surface area contributed by atoms with Crippen LogP contribution in [0.1, 0.15) is 0 Å². The van der Waals surface area contributed by atoms with Gasteiger partial charge in [-0.2, -0.15) is 0 Å². The van der Waals surface area contributed by atoms with Gasteiger partial charge in [0.15, 0.2) is 0 Å². The van der Waals surface area contributed by atoms with Crippen LogP contribution in [0.4, 0.5) is 17.1 Å². The number of hydrogen-bond donors (Lipinski definition) is 0. The Balaban J connectivity index is 1.16. The molecule has 0 spiro atoms. The highest BCUT2D eigenvalue weighted by Crippen LogP contribution is 2.49. The van der Waals surface area contributed by atoms with E-state index in [1.54, 1.807) is 0 Å². The Morgan fingerprint density at radius 1 is 0.266 bits per heavy atom. The summed E-state index contributed by atoms with van der Waals surface area (Å²) in [5.41, 5.74) is 16.5. The summed E-state index contributed by atoms with van der Waals surface area (Å²) in [5, 5.41) is 7.10. The molecule has 12 aromatic rings. The van der Waals surface area contributed by atoms with E-state index in [-0.39, 0.29) is 0 Å². The zero-order valence-electron chi connectivity index (χ0n) is 35.0. The largest absolute Gasteiger partial charge is 0.455 e. The summed E-state index contributed by atoms with van der Waals surface area (Å²) >= 11 is 0. The number of fused-ring (bicyclic) bond motifs is 6. The molecule has 0 aliphatic carbocycles. The number of benzene rings is 11. The normalized spacial score (nSPS) is 11.4. The van der Waals surface area contributed by atoms with E-state index in [1.807, 2.05) is 6.07 Å². The van der Waals surface area contributed by atoms with Gasteiger partial charge in [-0.1, -0.05) is 206 Å². The Morgan fingerprint density at radius 3 is 1.52 bits per heavy atom. The van der Waals surface area contributed by atoms with Crippen LogP contribution >= 0.6 is 0 Å². The quantitative estimate of drug-likeness (QED) is 0.142. The maximum Gasteiger partial charge on any atom is 0.143 e. The van der Waals surface area contributed by atoms with Gasteiger partial charge >= 0.3 is 0 Å². The number of rotatable bonds is 8. The predicted octanol–water partition coefficient (Wildman–Crippen LogP) is 17.7. The number of nitrogens with zero attached hydrogens (tertiary/aromatic N) is 1. The van der Waals surface area contributed by atoms with Crippen LogP contribution in [0.15, 0.2) is 253 Å². The van der Waals surface area contributed by atoms with E-state index in [4.69, 9.17) is 4.42 Å². The first-order valence-electron chi connectivity index (χ1n) is 21.9. The van der Waals surface area contributed by atoms with Crippen molar-refractivity contribution in [3.63, 3.8) is 0 Å². The Bertz CT molecular complexity index is 3650. The smallest absolute Gasteiger partial charge is 0.143 e. The van der Waals surface area contributed by atoms with Crippen molar-refractivity contribution in [2.45, 2.75) is 0 Å². The van der Waals surface area contributed by atoms with E-state index >= 15 is 0 Å². The maximum absolute atomic E-state index is 6.61. The molecule has 12 rings (SSSR count). The third-order valence-electron chi connectivity index (χ3n) is 12.6. The van der Waals surface area contributed by atoms with Crippen LogP contribution in [0.3, 0.4) is 0 Å².